The van der Waals surface area contributed by atoms with Crippen molar-refractivity contribution < 1.29 is 0 Å². The molecule has 2 aromatic rings. The van der Waals surface area contributed by atoms with E-state index >= 15 is 0 Å². The van der Waals surface area contributed by atoms with Gasteiger partial charge in [0, 0.05) is 11.9 Å². The SMILES string of the molecule is CC(C)(C)CNc1c(C#N)c(=O)[nH]c2ccccc12. The highest BCUT2D eigenvalue weighted by atomic mass is 16.1. The third-order valence-electron chi connectivity index (χ3n) is 2.83. The van der Waals surface area contributed by atoms with Crippen molar-refractivity contribution in [1.82, 2.24) is 4.98 Å². The van der Waals surface area contributed by atoms with Crippen molar-refractivity contribution in [2.75, 3.05) is 11.9 Å². The molecule has 0 radical (unpaired) electrons. The molecule has 0 aliphatic heterocycles. The summed E-state index contributed by atoms with van der Waals surface area (Å²) < 4.78 is 0. The fourth-order valence-corrected chi connectivity index (χ4v) is 1.89. The third-order valence-corrected chi connectivity index (χ3v) is 2.83. The number of nitriles is 1. The summed E-state index contributed by atoms with van der Waals surface area (Å²) in [5, 5.41) is 13.3. The number of pyridine rings is 1. The van der Waals surface area contributed by atoms with Crippen molar-refractivity contribution in [2.24, 2.45) is 5.41 Å². The molecule has 98 valence electrons. The fraction of sp³-hybridized carbons (Fsp3) is 0.333. The molecule has 0 amide bonds. The van der Waals surface area contributed by atoms with Crippen LogP contribution >= 0.6 is 0 Å². The Morgan fingerprint density at radius 3 is 2.63 bits per heavy atom. The lowest BCUT2D eigenvalue weighted by atomic mass is 9.96. The molecule has 4 heteroatoms. The predicted octanol–water partition coefficient (Wildman–Crippen LogP) is 2.86. The minimum atomic E-state index is -0.349. The van der Waals surface area contributed by atoms with E-state index in [2.05, 4.69) is 31.1 Å². The van der Waals surface area contributed by atoms with Crippen LogP contribution in [0.2, 0.25) is 0 Å². The lowest BCUT2D eigenvalue weighted by Crippen LogP contribution is -2.22. The Morgan fingerprint density at radius 2 is 2.00 bits per heavy atom. The van der Waals surface area contributed by atoms with Crippen molar-refractivity contribution >= 4 is 16.6 Å². The van der Waals surface area contributed by atoms with Crippen molar-refractivity contribution in [3.05, 3.63) is 40.2 Å². The number of nitrogens with one attached hydrogen (secondary N) is 2. The first-order valence-electron chi connectivity index (χ1n) is 6.21. The van der Waals surface area contributed by atoms with Crippen LogP contribution in [0.1, 0.15) is 26.3 Å². The highest BCUT2D eigenvalue weighted by Crippen LogP contribution is 2.24. The largest absolute Gasteiger partial charge is 0.383 e. The van der Waals surface area contributed by atoms with Crippen LogP contribution in [-0.4, -0.2) is 11.5 Å². The number of nitrogens with zero attached hydrogens (tertiary/aromatic N) is 1. The zero-order valence-corrected chi connectivity index (χ0v) is 11.4. The Bertz CT molecular complexity index is 702. The number of rotatable bonds is 2. The van der Waals surface area contributed by atoms with E-state index in [4.69, 9.17) is 0 Å². The van der Waals surface area contributed by atoms with Crippen LogP contribution < -0.4 is 10.9 Å². The van der Waals surface area contributed by atoms with E-state index in [1.807, 2.05) is 30.3 Å². The number of aromatic amines is 1. The minimum Gasteiger partial charge on any atom is -0.383 e. The number of H-pyrrole nitrogens is 1. The summed E-state index contributed by atoms with van der Waals surface area (Å²) in [6.45, 7) is 6.99. The summed E-state index contributed by atoms with van der Waals surface area (Å²) in [7, 11) is 0. The van der Waals surface area contributed by atoms with Crippen LogP contribution in [-0.2, 0) is 0 Å². The molecule has 0 aliphatic rings. The molecule has 1 aromatic carbocycles. The molecule has 0 atom stereocenters. The number of para-hydroxylation sites is 1. The van der Waals surface area contributed by atoms with E-state index in [0.29, 0.717) is 12.2 Å². The maximum absolute atomic E-state index is 11.9. The van der Waals surface area contributed by atoms with Crippen molar-refractivity contribution in [3.8, 4) is 6.07 Å². The Morgan fingerprint density at radius 1 is 1.32 bits per heavy atom. The van der Waals surface area contributed by atoms with E-state index in [0.717, 1.165) is 10.9 Å². The van der Waals surface area contributed by atoms with Crippen LogP contribution in [0.3, 0.4) is 0 Å². The van der Waals surface area contributed by atoms with Gasteiger partial charge in [0.25, 0.3) is 5.56 Å². The summed E-state index contributed by atoms with van der Waals surface area (Å²) in [5.41, 5.74) is 1.22. The molecule has 0 aliphatic carbocycles. The molecule has 2 rings (SSSR count). The molecular weight excluding hydrogens is 238 g/mol. The van der Waals surface area contributed by atoms with Crippen molar-refractivity contribution in [2.45, 2.75) is 20.8 Å². The number of hydrogen-bond donors (Lipinski definition) is 2. The third kappa shape index (κ3) is 2.76. The van der Waals surface area contributed by atoms with Gasteiger partial charge < -0.3 is 10.3 Å². The van der Waals surface area contributed by atoms with Gasteiger partial charge in [-0.15, -0.1) is 0 Å². The van der Waals surface area contributed by atoms with Gasteiger partial charge in [-0.2, -0.15) is 5.26 Å². The minimum absolute atomic E-state index is 0.0659. The summed E-state index contributed by atoms with van der Waals surface area (Å²) in [6.07, 6.45) is 0. The predicted molar refractivity (Wildman–Crippen MR) is 77.2 cm³/mol. The van der Waals surface area contributed by atoms with E-state index in [-0.39, 0.29) is 16.5 Å². The number of benzene rings is 1. The highest BCUT2D eigenvalue weighted by molar-refractivity contribution is 5.93. The van der Waals surface area contributed by atoms with Gasteiger partial charge in [-0.3, -0.25) is 4.79 Å². The van der Waals surface area contributed by atoms with Crippen LogP contribution in [0.5, 0.6) is 0 Å². The monoisotopic (exact) mass is 255 g/mol. The Kier molecular flexibility index (Phi) is 3.30. The van der Waals surface area contributed by atoms with Gasteiger partial charge >= 0.3 is 0 Å². The maximum atomic E-state index is 11.9. The van der Waals surface area contributed by atoms with Crippen LogP contribution in [0.25, 0.3) is 10.9 Å². The van der Waals surface area contributed by atoms with Crippen molar-refractivity contribution in [1.29, 1.82) is 5.26 Å². The Labute approximate surface area is 112 Å². The van der Waals surface area contributed by atoms with Crippen molar-refractivity contribution in [3.63, 3.8) is 0 Å². The number of aromatic nitrogens is 1. The van der Waals surface area contributed by atoms with Gasteiger partial charge in [0.15, 0.2) is 0 Å². The smallest absolute Gasteiger partial charge is 0.268 e. The summed E-state index contributed by atoms with van der Waals surface area (Å²) in [5.74, 6) is 0. The summed E-state index contributed by atoms with van der Waals surface area (Å²) in [6, 6.07) is 9.47. The average Bonchev–Trinajstić information content (AvgIpc) is 2.34. The van der Waals surface area contributed by atoms with Crippen LogP contribution in [0.4, 0.5) is 5.69 Å². The van der Waals surface area contributed by atoms with Gasteiger partial charge in [-0.25, -0.2) is 0 Å². The zero-order valence-electron chi connectivity index (χ0n) is 11.4. The lowest BCUT2D eigenvalue weighted by molar-refractivity contribution is 0.443. The first kappa shape index (κ1) is 13.2. The molecule has 1 heterocycles. The number of hydrogen-bond acceptors (Lipinski definition) is 3. The Hall–Kier alpha value is -2.28. The molecule has 2 N–H and O–H groups in total. The molecule has 0 fully saturated rings. The summed E-state index contributed by atoms with van der Waals surface area (Å²) in [4.78, 5) is 14.6. The number of anilines is 1. The molecule has 0 unspecified atom stereocenters. The lowest BCUT2D eigenvalue weighted by Gasteiger charge is -2.21. The van der Waals surface area contributed by atoms with Gasteiger partial charge in [-0.1, -0.05) is 39.0 Å². The second-order valence-electron chi connectivity index (χ2n) is 5.78. The first-order chi connectivity index (χ1) is 8.92. The highest BCUT2D eigenvalue weighted by Gasteiger charge is 2.15. The fourth-order valence-electron chi connectivity index (χ4n) is 1.89. The van der Waals surface area contributed by atoms with E-state index in [1.165, 1.54) is 0 Å². The van der Waals surface area contributed by atoms with E-state index in [1.54, 1.807) is 0 Å². The molecular formula is C15H17N3O. The topological polar surface area (TPSA) is 68.7 Å². The van der Waals surface area contributed by atoms with Gasteiger partial charge in [0.2, 0.25) is 0 Å². The molecule has 1 aromatic heterocycles. The van der Waals surface area contributed by atoms with Crippen LogP contribution in [0.15, 0.2) is 29.1 Å². The number of fused-ring (bicyclic) bond motifs is 1. The molecule has 19 heavy (non-hydrogen) atoms. The molecule has 0 spiro atoms. The molecule has 0 saturated heterocycles. The average molecular weight is 255 g/mol. The quantitative estimate of drug-likeness (QED) is 0.867. The van der Waals surface area contributed by atoms with Crippen LogP contribution in [0, 0.1) is 16.7 Å². The first-order valence-corrected chi connectivity index (χ1v) is 6.21. The maximum Gasteiger partial charge on any atom is 0.268 e. The van der Waals surface area contributed by atoms with Gasteiger partial charge in [0.05, 0.1) is 11.2 Å². The molecule has 4 nitrogen and oxygen atoms in total. The standard InChI is InChI=1S/C15H17N3O/c1-15(2,3)9-17-13-10-6-4-5-7-12(10)18-14(19)11(13)8-16/h4-7H,9H2,1-3H3,(H2,17,18,19). The second-order valence-corrected chi connectivity index (χ2v) is 5.78. The van der Waals surface area contributed by atoms with E-state index in [9.17, 15) is 10.1 Å². The van der Waals surface area contributed by atoms with Gasteiger partial charge in [-0.05, 0) is 11.5 Å². The zero-order chi connectivity index (χ0) is 14.0. The van der Waals surface area contributed by atoms with E-state index < -0.39 is 0 Å². The summed E-state index contributed by atoms with van der Waals surface area (Å²) >= 11 is 0. The normalized spacial score (nSPS) is 11.3. The van der Waals surface area contributed by atoms with Gasteiger partial charge in [0.1, 0.15) is 11.6 Å². The second kappa shape index (κ2) is 4.77. The molecule has 0 saturated carbocycles. The molecule has 0 bridgehead atoms. The Balaban J connectivity index is 2.62.